The Hall–Kier alpha value is -3.56. The highest BCUT2D eigenvalue weighted by atomic mass is 32.2. The van der Waals surface area contributed by atoms with Gasteiger partial charge in [-0.3, -0.25) is 14.6 Å². The van der Waals surface area contributed by atoms with Crippen molar-refractivity contribution in [1.82, 2.24) is 19.9 Å². The maximum atomic E-state index is 13.2. The number of amides is 2. The Bertz CT molecular complexity index is 1280. The summed E-state index contributed by atoms with van der Waals surface area (Å²) in [5, 5.41) is 5.46. The van der Waals surface area contributed by atoms with Crippen LogP contribution in [0, 0.1) is 0 Å². The van der Waals surface area contributed by atoms with E-state index >= 15 is 0 Å². The normalized spacial score (nSPS) is 13.6. The fraction of sp³-hybridized carbons (Fsp3) is 0.240. The van der Waals surface area contributed by atoms with Gasteiger partial charge in [0.2, 0.25) is 15.9 Å². The lowest BCUT2D eigenvalue weighted by atomic mass is 10.0. The van der Waals surface area contributed by atoms with Gasteiger partial charge in [0.05, 0.1) is 4.90 Å². The van der Waals surface area contributed by atoms with E-state index in [1.165, 1.54) is 16.4 Å². The summed E-state index contributed by atoms with van der Waals surface area (Å²) in [5.41, 5.74) is 3.32. The number of nitrogens with zero attached hydrogens (tertiary/aromatic N) is 2. The molecule has 3 aromatic rings. The van der Waals surface area contributed by atoms with Crippen LogP contribution in [0.15, 0.2) is 78.0 Å². The fourth-order valence-electron chi connectivity index (χ4n) is 3.80. The lowest BCUT2D eigenvalue weighted by Gasteiger charge is -2.28. The average molecular weight is 479 g/mol. The van der Waals surface area contributed by atoms with Gasteiger partial charge in [-0.15, -0.1) is 0 Å². The molecule has 0 radical (unpaired) electrons. The molecule has 1 aliphatic heterocycles. The Morgan fingerprint density at radius 1 is 0.941 bits per heavy atom. The van der Waals surface area contributed by atoms with Crippen molar-refractivity contribution < 1.29 is 18.0 Å². The Balaban J connectivity index is 1.32. The monoisotopic (exact) mass is 478 g/mol. The fourth-order valence-corrected chi connectivity index (χ4v) is 5.27. The molecule has 1 aliphatic rings. The van der Waals surface area contributed by atoms with Crippen molar-refractivity contribution in [3.8, 4) is 0 Å². The number of carbonyl (C=O) groups excluding carboxylic acids is 2. The highest BCUT2D eigenvalue weighted by Crippen LogP contribution is 2.25. The first-order valence-corrected chi connectivity index (χ1v) is 12.5. The molecule has 176 valence electrons. The van der Waals surface area contributed by atoms with Gasteiger partial charge >= 0.3 is 0 Å². The van der Waals surface area contributed by atoms with E-state index in [0.717, 1.165) is 16.7 Å². The van der Waals surface area contributed by atoms with E-state index in [2.05, 4.69) is 15.6 Å². The molecule has 2 heterocycles. The van der Waals surface area contributed by atoms with Crippen molar-refractivity contribution in [3.05, 3.63) is 95.3 Å². The molecule has 0 spiro atoms. The molecule has 2 N–H and O–H groups in total. The number of nitrogens with one attached hydrogen (secondary N) is 2. The molecule has 4 rings (SSSR count). The highest BCUT2D eigenvalue weighted by Gasteiger charge is 2.28. The summed E-state index contributed by atoms with van der Waals surface area (Å²) < 4.78 is 27.8. The van der Waals surface area contributed by atoms with E-state index in [4.69, 9.17) is 0 Å². The van der Waals surface area contributed by atoms with Crippen molar-refractivity contribution >= 4 is 21.8 Å². The first-order valence-electron chi connectivity index (χ1n) is 11.0. The summed E-state index contributed by atoms with van der Waals surface area (Å²) in [6, 6.07) is 17.4. The number of hydrogen-bond acceptors (Lipinski definition) is 5. The van der Waals surface area contributed by atoms with Crippen molar-refractivity contribution in [3.63, 3.8) is 0 Å². The summed E-state index contributed by atoms with van der Waals surface area (Å²) in [7, 11) is -3.74. The van der Waals surface area contributed by atoms with Crippen LogP contribution < -0.4 is 10.6 Å². The minimum Gasteiger partial charge on any atom is -0.352 e. The zero-order valence-corrected chi connectivity index (χ0v) is 19.4. The van der Waals surface area contributed by atoms with Crippen molar-refractivity contribution in [2.24, 2.45) is 0 Å². The van der Waals surface area contributed by atoms with Crippen LogP contribution in [0.1, 0.15) is 33.5 Å². The Kier molecular flexibility index (Phi) is 7.34. The molecule has 9 heteroatoms. The molecule has 1 aromatic heterocycles. The molecular formula is C25H26N4O4S. The molecule has 0 fully saturated rings. The van der Waals surface area contributed by atoms with Gasteiger partial charge in [0.1, 0.15) is 0 Å². The number of carbonyl (C=O) groups is 2. The van der Waals surface area contributed by atoms with Crippen molar-refractivity contribution in [2.75, 3.05) is 13.1 Å². The summed E-state index contributed by atoms with van der Waals surface area (Å²) in [4.78, 5) is 28.6. The second kappa shape index (κ2) is 10.6. The van der Waals surface area contributed by atoms with E-state index in [0.29, 0.717) is 26.1 Å². The first kappa shape index (κ1) is 23.6. The zero-order chi connectivity index (χ0) is 24.0. The number of fused-ring (bicyclic) bond motifs is 1. The molecular weight excluding hydrogens is 452 g/mol. The Morgan fingerprint density at radius 3 is 2.50 bits per heavy atom. The molecule has 0 saturated carbocycles. The van der Waals surface area contributed by atoms with Gasteiger partial charge in [-0.2, -0.15) is 4.31 Å². The second-order valence-corrected chi connectivity index (χ2v) is 9.96. The van der Waals surface area contributed by atoms with E-state index in [1.807, 2.05) is 36.4 Å². The standard InChI is InChI=1S/C25H26N4O4S/c30-24(28-17-19-8-12-26-13-9-19)10-14-27-25(31)21-6-3-7-23(16-21)34(32,33)29-15-11-20-4-1-2-5-22(20)18-29/h1-9,12-13,16H,10-11,14-15,17-18H2,(H,27,31)(H,28,30). The molecule has 34 heavy (non-hydrogen) atoms. The summed E-state index contributed by atoms with van der Waals surface area (Å²) >= 11 is 0. The number of rotatable bonds is 8. The molecule has 0 saturated heterocycles. The molecule has 0 aliphatic carbocycles. The average Bonchev–Trinajstić information content (AvgIpc) is 2.87. The molecule has 2 aromatic carbocycles. The highest BCUT2D eigenvalue weighted by molar-refractivity contribution is 7.89. The molecule has 0 bridgehead atoms. The van der Waals surface area contributed by atoms with Gasteiger partial charge in [0.15, 0.2) is 0 Å². The first-order chi connectivity index (χ1) is 16.4. The topological polar surface area (TPSA) is 108 Å². The Labute approximate surface area is 199 Å². The van der Waals surface area contributed by atoms with Crippen LogP contribution in [-0.2, 0) is 34.3 Å². The van der Waals surface area contributed by atoms with Crippen LogP contribution >= 0.6 is 0 Å². The van der Waals surface area contributed by atoms with Crippen LogP contribution in [0.4, 0.5) is 0 Å². The van der Waals surface area contributed by atoms with Gasteiger partial charge in [-0.1, -0.05) is 30.3 Å². The van der Waals surface area contributed by atoms with Crippen molar-refractivity contribution in [1.29, 1.82) is 0 Å². The molecule has 0 unspecified atom stereocenters. The maximum absolute atomic E-state index is 13.2. The number of hydrogen-bond donors (Lipinski definition) is 2. The number of aromatic nitrogens is 1. The van der Waals surface area contributed by atoms with E-state index in [1.54, 1.807) is 24.5 Å². The minimum atomic E-state index is -3.74. The minimum absolute atomic E-state index is 0.0784. The molecule has 2 amide bonds. The van der Waals surface area contributed by atoms with Crippen LogP contribution in [0.25, 0.3) is 0 Å². The quantitative estimate of drug-likeness (QED) is 0.516. The number of sulfonamides is 1. The van der Waals surface area contributed by atoms with Gasteiger partial charge in [0.25, 0.3) is 5.91 Å². The summed E-state index contributed by atoms with van der Waals surface area (Å²) in [5.74, 6) is -0.623. The van der Waals surface area contributed by atoms with Crippen molar-refractivity contribution in [2.45, 2.75) is 30.8 Å². The number of benzene rings is 2. The maximum Gasteiger partial charge on any atom is 0.251 e. The second-order valence-electron chi connectivity index (χ2n) is 8.02. The van der Waals surface area contributed by atoms with Gasteiger partial charge in [-0.25, -0.2) is 8.42 Å². The third-order valence-electron chi connectivity index (χ3n) is 5.71. The third-order valence-corrected chi connectivity index (χ3v) is 7.55. The van der Waals surface area contributed by atoms with Gasteiger partial charge in [-0.05, 0) is 53.4 Å². The van der Waals surface area contributed by atoms with Gasteiger partial charge in [0, 0.05) is 50.6 Å². The summed E-state index contributed by atoms with van der Waals surface area (Å²) in [6.07, 6.45) is 4.07. The predicted molar refractivity (Wildman–Crippen MR) is 127 cm³/mol. The van der Waals surface area contributed by atoms with E-state index in [-0.39, 0.29) is 29.3 Å². The van der Waals surface area contributed by atoms with E-state index in [9.17, 15) is 18.0 Å². The smallest absolute Gasteiger partial charge is 0.251 e. The van der Waals surface area contributed by atoms with E-state index < -0.39 is 15.9 Å². The van der Waals surface area contributed by atoms with Gasteiger partial charge < -0.3 is 10.6 Å². The predicted octanol–water partition coefficient (Wildman–Crippen LogP) is 2.26. The lowest BCUT2D eigenvalue weighted by Crippen LogP contribution is -2.36. The SMILES string of the molecule is O=C(CCNC(=O)c1cccc(S(=O)(=O)N2CCc3ccccc3C2)c1)NCc1ccncc1. The molecule has 8 nitrogen and oxygen atoms in total. The Morgan fingerprint density at radius 2 is 1.71 bits per heavy atom. The largest absolute Gasteiger partial charge is 0.352 e. The molecule has 0 atom stereocenters. The van der Waals surface area contributed by atoms with Crippen LogP contribution in [0.3, 0.4) is 0 Å². The van der Waals surface area contributed by atoms with Crippen LogP contribution in [0.2, 0.25) is 0 Å². The zero-order valence-electron chi connectivity index (χ0n) is 18.6. The number of pyridine rings is 1. The van der Waals surface area contributed by atoms with Crippen LogP contribution in [0.5, 0.6) is 0 Å². The third kappa shape index (κ3) is 5.67. The lowest BCUT2D eigenvalue weighted by molar-refractivity contribution is -0.121. The van der Waals surface area contributed by atoms with Crippen LogP contribution in [-0.4, -0.2) is 42.6 Å². The summed E-state index contributed by atoms with van der Waals surface area (Å²) in [6.45, 7) is 1.23.